The Labute approximate surface area is 111 Å². The number of aryl methyl sites for hydroxylation is 2. The highest BCUT2D eigenvalue weighted by Crippen LogP contribution is 2.24. The van der Waals surface area contributed by atoms with Crippen LogP contribution in [-0.2, 0) is 4.79 Å². The van der Waals surface area contributed by atoms with E-state index in [0.29, 0.717) is 12.6 Å². The molecule has 0 bridgehead atoms. The molecule has 0 aliphatic heterocycles. The molecule has 1 aromatic carbocycles. The molecule has 0 saturated heterocycles. The molecule has 0 radical (unpaired) electrons. The van der Waals surface area contributed by atoms with Crippen LogP contribution in [0, 0.1) is 13.8 Å². The van der Waals surface area contributed by atoms with Crippen molar-refractivity contribution < 1.29 is 4.79 Å². The summed E-state index contributed by atoms with van der Waals surface area (Å²) >= 11 is 3.44. The first-order valence-corrected chi connectivity index (χ1v) is 6.49. The quantitative estimate of drug-likeness (QED) is 0.897. The molecule has 1 amide bonds. The summed E-state index contributed by atoms with van der Waals surface area (Å²) in [4.78, 5) is 11.7. The third-order valence-electron chi connectivity index (χ3n) is 2.43. The molecule has 1 rings (SSSR count). The number of benzene rings is 1. The van der Waals surface area contributed by atoms with Crippen LogP contribution in [0.1, 0.15) is 25.0 Å². The van der Waals surface area contributed by atoms with Crippen molar-refractivity contribution in [1.82, 2.24) is 5.32 Å². The zero-order valence-electron chi connectivity index (χ0n) is 10.7. The van der Waals surface area contributed by atoms with Crippen molar-refractivity contribution in [2.45, 2.75) is 33.7 Å². The lowest BCUT2D eigenvalue weighted by molar-refractivity contribution is -0.115. The predicted octanol–water partition coefficient (Wildman–Crippen LogP) is 3.00. The van der Waals surface area contributed by atoms with Gasteiger partial charge in [-0.25, -0.2) is 0 Å². The number of anilines is 1. The molecule has 0 heterocycles. The van der Waals surface area contributed by atoms with E-state index >= 15 is 0 Å². The van der Waals surface area contributed by atoms with E-state index in [0.717, 1.165) is 21.3 Å². The standard InChI is InChI=1S/C13H19BrN2O/c1-8(2)15-7-12(17)16-13-9(3)5-11(14)6-10(13)4/h5-6,8,15H,7H2,1-4H3,(H,16,17). The first kappa shape index (κ1) is 14.2. The Bertz CT molecular complexity index is 393. The van der Waals surface area contributed by atoms with Gasteiger partial charge in [-0.15, -0.1) is 0 Å². The molecule has 0 aliphatic rings. The molecule has 0 aliphatic carbocycles. The van der Waals surface area contributed by atoms with Crippen LogP contribution < -0.4 is 10.6 Å². The van der Waals surface area contributed by atoms with Crippen molar-refractivity contribution in [3.05, 3.63) is 27.7 Å². The first-order valence-electron chi connectivity index (χ1n) is 5.70. The summed E-state index contributed by atoms with van der Waals surface area (Å²) in [7, 11) is 0. The molecule has 0 atom stereocenters. The number of amides is 1. The smallest absolute Gasteiger partial charge is 0.238 e. The van der Waals surface area contributed by atoms with Crippen molar-refractivity contribution in [1.29, 1.82) is 0 Å². The van der Waals surface area contributed by atoms with Gasteiger partial charge in [0.1, 0.15) is 0 Å². The van der Waals surface area contributed by atoms with E-state index < -0.39 is 0 Å². The number of nitrogens with one attached hydrogen (secondary N) is 2. The summed E-state index contributed by atoms with van der Waals surface area (Å²) in [6, 6.07) is 4.31. The lowest BCUT2D eigenvalue weighted by Gasteiger charge is -2.13. The minimum atomic E-state index is -0.00720. The Morgan fingerprint density at radius 2 is 1.82 bits per heavy atom. The number of halogens is 1. The summed E-state index contributed by atoms with van der Waals surface area (Å²) in [5.41, 5.74) is 3.04. The molecule has 17 heavy (non-hydrogen) atoms. The number of carbonyl (C=O) groups is 1. The highest BCUT2D eigenvalue weighted by Gasteiger charge is 2.08. The first-order chi connectivity index (χ1) is 7.90. The molecule has 0 saturated carbocycles. The average Bonchev–Trinajstić information content (AvgIpc) is 2.20. The Kier molecular flexibility index (Phi) is 5.15. The second kappa shape index (κ2) is 6.17. The SMILES string of the molecule is Cc1cc(Br)cc(C)c1NC(=O)CNC(C)C. The molecule has 0 aromatic heterocycles. The van der Waals surface area contributed by atoms with Crippen LogP contribution in [-0.4, -0.2) is 18.5 Å². The molecule has 0 unspecified atom stereocenters. The number of hydrogen-bond donors (Lipinski definition) is 2. The largest absolute Gasteiger partial charge is 0.324 e. The highest BCUT2D eigenvalue weighted by molar-refractivity contribution is 9.10. The highest BCUT2D eigenvalue weighted by atomic mass is 79.9. The molecular weight excluding hydrogens is 280 g/mol. The van der Waals surface area contributed by atoms with Crippen molar-refractivity contribution in [2.75, 3.05) is 11.9 Å². The lowest BCUT2D eigenvalue weighted by Crippen LogP contribution is -2.32. The fourth-order valence-corrected chi connectivity index (χ4v) is 2.28. The Balaban J connectivity index is 2.72. The van der Waals surface area contributed by atoms with Crippen LogP contribution in [0.25, 0.3) is 0 Å². The minimum absolute atomic E-state index is 0.00720. The summed E-state index contributed by atoms with van der Waals surface area (Å²) in [5.74, 6) is -0.00720. The van der Waals surface area contributed by atoms with E-state index in [2.05, 4.69) is 26.6 Å². The van der Waals surface area contributed by atoms with Gasteiger partial charge in [0, 0.05) is 16.2 Å². The predicted molar refractivity (Wildman–Crippen MR) is 75.4 cm³/mol. The van der Waals surface area contributed by atoms with Crippen molar-refractivity contribution in [3.8, 4) is 0 Å². The zero-order chi connectivity index (χ0) is 13.0. The van der Waals surface area contributed by atoms with Crippen LogP contribution in [0.15, 0.2) is 16.6 Å². The Morgan fingerprint density at radius 3 is 2.29 bits per heavy atom. The summed E-state index contributed by atoms with van der Waals surface area (Å²) < 4.78 is 1.03. The Hall–Kier alpha value is -0.870. The van der Waals surface area contributed by atoms with E-state index in [-0.39, 0.29) is 5.91 Å². The van der Waals surface area contributed by atoms with Gasteiger partial charge in [0.25, 0.3) is 0 Å². The fourth-order valence-electron chi connectivity index (χ4n) is 1.59. The number of carbonyl (C=O) groups excluding carboxylic acids is 1. The van der Waals surface area contributed by atoms with E-state index in [9.17, 15) is 4.79 Å². The molecular formula is C13H19BrN2O. The maximum Gasteiger partial charge on any atom is 0.238 e. The van der Waals surface area contributed by atoms with Crippen molar-refractivity contribution >= 4 is 27.5 Å². The maximum absolute atomic E-state index is 11.7. The summed E-state index contributed by atoms with van der Waals surface area (Å²) in [5, 5.41) is 6.03. The zero-order valence-corrected chi connectivity index (χ0v) is 12.3. The molecule has 0 spiro atoms. The van der Waals surface area contributed by atoms with Crippen molar-refractivity contribution in [2.24, 2.45) is 0 Å². The molecule has 0 fully saturated rings. The number of rotatable bonds is 4. The summed E-state index contributed by atoms with van der Waals surface area (Å²) in [6.45, 7) is 8.35. The molecule has 2 N–H and O–H groups in total. The Morgan fingerprint density at radius 1 is 1.29 bits per heavy atom. The van der Waals surface area contributed by atoms with Crippen LogP contribution in [0.4, 0.5) is 5.69 Å². The molecule has 94 valence electrons. The number of hydrogen-bond acceptors (Lipinski definition) is 2. The summed E-state index contributed by atoms with van der Waals surface area (Å²) in [6.07, 6.45) is 0. The van der Waals surface area contributed by atoms with Gasteiger partial charge in [-0.05, 0) is 37.1 Å². The van der Waals surface area contributed by atoms with Gasteiger partial charge in [0.2, 0.25) is 5.91 Å². The maximum atomic E-state index is 11.7. The van der Waals surface area contributed by atoms with Gasteiger partial charge < -0.3 is 10.6 Å². The van der Waals surface area contributed by atoms with Gasteiger partial charge in [-0.1, -0.05) is 29.8 Å². The van der Waals surface area contributed by atoms with E-state index in [1.165, 1.54) is 0 Å². The van der Waals surface area contributed by atoms with Crippen LogP contribution in [0.2, 0.25) is 0 Å². The third kappa shape index (κ3) is 4.48. The van der Waals surface area contributed by atoms with Gasteiger partial charge in [-0.3, -0.25) is 4.79 Å². The monoisotopic (exact) mass is 298 g/mol. The van der Waals surface area contributed by atoms with E-state index in [1.54, 1.807) is 0 Å². The van der Waals surface area contributed by atoms with E-state index in [1.807, 2.05) is 39.8 Å². The second-order valence-corrected chi connectivity index (χ2v) is 5.41. The molecule has 1 aromatic rings. The van der Waals surface area contributed by atoms with Crippen molar-refractivity contribution in [3.63, 3.8) is 0 Å². The van der Waals surface area contributed by atoms with Gasteiger partial charge >= 0.3 is 0 Å². The average molecular weight is 299 g/mol. The lowest BCUT2D eigenvalue weighted by atomic mass is 10.1. The van der Waals surface area contributed by atoms with Gasteiger partial charge in [-0.2, -0.15) is 0 Å². The minimum Gasteiger partial charge on any atom is -0.324 e. The van der Waals surface area contributed by atoms with E-state index in [4.69, 9.17) is 0 Å². The third-order valence-corrected chi connectivity index (χ3v) is 2.89. The van der Waals surface area contributed by atoms with Gasteiger partial charge in [0.15, 0.2) is 0 Å². The fraction of sp³-hybridized carbons (Fsp3) is 0.462. The topological polar surface area (TPSA) is 41.1 Å². The second-order valence-electron chi connectivity index (χ2n) is 4.50. The van der Waals surface area contributed by atoms with Crippen LogP contribution >= 0.6 is 15.9 Å². The normalized spacial score (nSPS) is 10.7. The molecule has 3 nitrogen and oxygen atoms in total. The van der Waals surface area contributed by atoms with Crippen LogP contribution in [0.3, 0.4) is 0 Å². The van der Waals surface area contributed by atoms with Gasteiger partial charge in [0.05, 0.1) is 6.54 Å². The molecule has 4 heteroatoms. The van der Waals surface area contributed by atoms with Crippen LogP contribution in [0.5, 0.6) is 0 Å².